The van der Waals surface area contributed by atoms with Crippen molar-refractivity contribution in [2.75, 3.05) is 19.7 Å². The number of carboxylic acid groups (broad SMARTS) is 1. The Morgan fingerprint density at radius 2 is 2.00 bits per heavy atom. The first-order chi connectivity index (χ1) is 12.1. The Hall–Kier alpha value is -2.60. The van der Waals surface area contributed by atoms with Gasteiger partial charge in [-0.3, -0.25) is 9.69 Å². The Kier molecular flexibility index (Phi) is 5.50. The van der Waals surface area contributed by atoms with Crippen LogP contribution in [-0.2, 0) is 4.79 Å². The van der Waals surface area contributed by atoms with Gasteiger partial charge in [-0.25, -0.2) is 4.39 Å². The Morgan fingerprint density at radius 3 is 2.76 bits per heavy atom. The number of halogens is 1. The van der Waals surface area contributed by atoms with Gasteiger partial charge in [0, 0.05) is 12.6 Å². The monoisotopic (exact) mass is 345 g/mol. The second kappa shape index (κ2) is 7.98. The van der Waals surface area contributed by atoms with Crippen LogP contribution in [-0.4, -0.2) is 41.7 Å². The minimum atomic E-state index is -0.785. The van der Waals surface area contributed by atoms with Crippen molar-refractivity contribution < 1.29 is 23.8 Å². The number of para-hydroxylation sites is 2. The summed E-state index contributed by atoms with van der Waals surface area (Å²) in [5.74, 6) is 0.264. The van der Waals surface area contributed by atoms with Crippen molar-refractivity contribution in [1.82, 2.24) is 4.90 Å². The van der Waals surface area contributed by atoms with Crippen molar-refractivity contribution in [2.45, 2.75) is 18.9 Å². The van der Waals surface area contributed by atoms with Crippen LogP contribution < -0.4 is 9.47 Å². The highest BCUT2D eigenvalue weighted by Gasteiger charge is 2.29. The van der Waals surface area contributed by atoms with E-state index in [9.17, 15) is 14.3 Å². The lowest BCUT2D eigenvalue weighted by Gasteiger charge is -2.21. The van der Waals surface area contributed by atoms with Crippen LogP contribution in [0.25, 0.3) is 0 Å². The van der Waals surface area contributed by atoms with Crippen LogP contribution in [0.2, 0.25) is 0 Å². The maximum absolute atomic E-state index is 13.3. The number of hydrogen-bond donors (Lipinski definition) is 1. The van der Waals surface area contributed by atoms with Gasteiger partial charge in [0.2, 0.25) is 0 Å². The summed E-state index contributed by atoms with van der Waals surface area (Å²) in [6, 6.07) is 12.6. The summed E-state index contributed by atoms with van der Waals surface area (Å²) in [4.78, 5) is 13.1. The minimum absolute atomic E-state index is 0.354. The molecule has 1 atom stereocenters. The number of benzene rings is 2. The van der Waals surface area contributed by atoms with Gasteiger partial charge in [-0.15, -0.1) is 0 Å². The standard InChI is InChI=1S/C19H20FNO4/c20-14-5-3-6-15(13-14)25-18-9-2-1-8-17(18)24-12-11-21-10-4-7-16(21)19(22)23/h1-3,5-6,8-9,13,16H,4,7,10-12H2,(H,22,23)/t16-/m0/s1. The van der Waals surface area contributed by atoms with E-state index in [1.807, 2.05) is 17.0 Å². The summed E-state index contributed by atoms with van der Waals surface area (Å²) in [6.45, 7) is 1.65. The van der Waals surface area contributed by atoms with E-state index >= 15 is 0 Å². The topological polar surface area (TPSA) is 59.0 Å². The highest BCUT2D eigenvalue weighted by atomic mass is 19.1. The van der Waals surface area contributed by atoms with Crippen molar-refractivity contribution in [3.8, 4) is 17.2 Å². The molecule has 132 valence electrons. The predicted octanol–water partition coefficient (Wildman–Crippen LogP) is 3.55. The molecule has 1 N–H and O–H groups in total. The number of hydrogen-bond acceptors (Lipinski definition) is 4. The second-order valence-electron chi connectivity index (χ2n) is 5.89. The van der Waals surface area contributed by atoms with E-state index in [1.54, 1.807) is 24.3 Å². The molecule has 0 spiro atoms. The van der Waals surface area contributed by atoms with E-state index < -0.39 is 12.0 Å². The van der Waals surface area contributed by atoms with Crippen LogP contribution in [0.3, 0.4) is 0 Å². The SMILES string of the molecule is O=C(O)[C@@H]1CCCN1CCOc1ccccc1Oc1cccc(F)c1. The van der Waals surface area contributed by atoms with E-state index in [-0.39, 0.29) is 5.82 Å². The van der Waals surface area contributed by atoms with Gasteiger partial charge in [0.05, 0.1) is 0 Å². The zero-order chi connectivity index (χ0) is 17.6. The Balaban J connectivity index is 1.60. The molecule has 1 saturated heterocycles. The van der Waals surface area contributed by atoms with Gasteiger partial charge in [0.25, 0.3) is 0 Å². The molecule has 2 aromatic rings. The highest BCUT2D eigenvalue weighted by Crippen LogP contribution is 2.31. The summed E-state index contributed by atoms with van der Waals surface area (Å²) in [5.41, 5.74) is 0. The fourth-order valence-electron chi connectivity index (χ4n) is 2.96. The number of rotatable bonds is 7. The molecule has 1 aliphatic heterocycles. The quantitative estimate of drug-likeness (QED) is 0.832. The first-order valence-corrected chi connectivity index (χ1v) is 8.25. The lowest BCUT2D eigenvalue weighted by Crippen LogP contribution is -2.38. The molecule has 3 rings (SSSR count). The van der Waals surface area contributed by atoms with Crippen LogP contribution in [0.5, 0.6) is 17.2 Å². The van der Waals surface area contributed by atoms with Gasteiger partial charge in [-0.1, -0.05) is 18.2 Å². The number of ether oxygens (including phenoxy) is 2. The Labute approximate surface area is 145 Å². The average Bonchev–Trinajstić information content (AvgIpc) is 3.05. The summed E-state index contributed by atoms with van der Waals surface area (Å²) < 4.78 is 24.8. The van der Waals surface area contributed by atoms with Crippen LogP contribution in [0.1, 0.15) is 12.8 Å². The van der Waals surface area contributed by atoms with Gasteiger partial charge in [-0.2, -0.15) is 0 Å². The Bertz CT molecular complexity index is 737. The molecule has 0 saturated carbocycles. The fraction of sp³-hybridized carbons (Fsp3) is 0.316. The van der Waals surface area contributed by atoms with Crippen molar-refractivity contribution in [1.29, 1.82) is 0 Å². The molecular weight excluding hydrogens is 325 g/mol. The first kappa shape index (κ1) is 17.2. The van der Waals surface area contributed by atoms with Gasteiger partial charge < -0.3 is 14.6 Å². The fourth-order valence-corrected chi connectivity index (χ4v) is 2.96. The summed E-state index contributed by atoms with van der Waals surface area (Å²) in [7, 11) is 0. The molecule has 0 bridgehead atoms. The normalized spacial score (nSPS) is 17.4. The van der Waals surface area contributed by atoms with Crippen molar-refractivity contribution in [3.05, 3.63) is 54.3 Å². The molecule has 25 heavy (non-hydrogen) atoms. The average molecular weight is 345 g/mol. The van der Waals surface area contributed by atoms with Gasteiger partial charge in [0.15, 0.2) is 11.5 Å². The van der Waals surface area contributed by atoms with Crippen molar-refractivity contribution in [2.24, 2.45) is 0 Å². The maximum atomic E-state index is 13.3. The van der Waals surface area contributed by atoms with E-state index in [0.29, 0.717) is 36.8 Å². The lowest BCUT2D eigenvalue weighted by molar-refractivity contribution is -0.142. The second-order valence-corrected chi connectivity index (χ2v) is 5.89. The number of carbonyl (C=O) groups is 1. The third-order valence-corrected chi connectivity index (χ3v) is 4.16. The molecule has 1 fully saturated rings. The molecule has 0 unspecified atom stereocenters. The van der Waals surface area contributed by atoms with E-state index in [0.717, 1.165) is 13.0 Å². The molecule has 1 heterocycles. The van der Waals surface area contributed by atoms with Crippen molar-refractivity contribution in [3.63, 3.8) is 0 Å². The van der Waals surface area contributed by atoms with Crippen LogP contribution in [0, 0.1) is 5.82 Å². The lowest BCUT2D eigenvalue weighted by atomic mass is 10.2. The number of carboxylic acids is 1. The highest BCUT2D eigenvalue weighted by molar-refractivity contribution is 5.73. The molecule has 0 radical (unpaired) electrons. The molecule has 0 aliphatic carbocycles. The van der Waals surface area contributed by atoms with Crippen LogP contribution >= 0.6 is 0 Å². The van der Waals surface area contributed by atoms with Gasteiger partial charge in [0.1, 0.15) is 24.2 Å². The molecule has 0 aromatic heterocycles. The van der Waals surface area contributed by atoms with Gasteiger partial charge >= 0.3 is 5.97 Å². The summed E-state index contributed by atoms with van der Waals surface area (Å²) in [5, 5.41) is 9.20. The van der Waals surface area contributed by atoms with Crippen LogP contribution in [0.15, 0.2) is 48.5 Å². The molecule has 5 nitrogen and oxygen atoms in total. The van der Waals surface area contributed by atoms with Gasteiger partial charge in [-0.05, 0) is 43.7 Å². The zero-order valence-electron chi connectivity index (χ0n) is 13.7. The minimum Gasteiger partial charge on any atom is -0.488 e. The van der Waals surface area contributed by atoms with E-state index in [4.69, 9.17) is 9.47 Å². The number of nitrogens with zero attached hydrogens (tertiary/aromatic N) is 1. The molecular formula is C19H20FNO4. The summed E-state index contributed by atoms with van der Waals surface area (Å²) in [6.07, 6.45) is 1.56. The Morgan fingerprint density at radius 1 is 1.20 bits per heavy atom. The third kappa shape index (κ3) is 4.48. The largest absolute Gasteiger partial charge is 0.488 e. The molecule has 0 amide bonds. The molecule has 1 aliphatic rings. The zero-order valence-corrected chi connectivity index (χ0v) is 13.7. The summed E-state index contributed by atoms with van der Waals surface area (Å²) >= 11 is 0. The number of likely N-dealkylation sites (tertiary alicyclic amines) is 1. The maximum Gasteiger partial charge on any atom is 0.320 e. The number of aliphatic carboxylic acids is 1. The smallest absolute Gasteiger partial charge is 0.320 e. The first-order valence-electron chi connectivity index (χ1n) is 8.25. The molecule has 6 heteroatoms. The van der Waals surface area contributed by atoms with E-state index in [2.05, 4.69) is 0 Å². The molecule has 2 aromatic carbocycles. The predicted molar refractivity (Wildman–Crippen MR) is 90.6 cm³/mol. The third-order valence-electron chi connectivity index (χ3n) is 4.16. The van der Waals surface area contributed by atoms with E-state index in [1.165, 1.54) is 12.1 Å². The van der Waals surface area contributed by atoms with Crippen LogP contribution in [0.4, 0.5) is 4.39 Å². The van der Waals surface area contributed by atoms with Crippen molar-refractivity contribution >= 4 is 5.97 Å².